The van der Waals surface area contributed by atoms with Gasteiger partial charge in [0.1, 0.15) is 5.69 Å². The molecule has 0 amide bonds. The second-order valence-corrected chi connectivity index (χ2v) is 4.99. The van der Waals surface area contributed by atoms with E-state index in [4.69, 9.17) is 5.73 Å². The van der Waals surface area contributed by atoms with E-state index in [2.05, 4.69) is 5.10 Å². The quantitative estimate of drug-likeness (QED) is 0.808. The van der Waals surface area contributed by atoms with Crippen molar-refractivity contribution < 1.29 is 4.79 Å². The van der Waals surface area contributed by atoms with Gasteiger partial charge in [-0.1, -0.05) is 19.3 Å². The van der Waals surface area contributed by atoms with E-state index in [9.17, 15) is 9.59 Å². The van der Waals surface area contributed by atoms with E-state index in [1.807, 2.05) is 0 Å². The van der Waals surface area contributed by atoms with E-state index >= 15 is 0 Å². The van der Waals surface area contributed by atoms with Gasteiger partial charge in [0.25, 0.3) is 5.56 Å². The fourth-order valence-electron chi connectivity index (χ4n) is 2.71. The highest BCUT2D eigenvalue weighted by Crippen LogP contribution is 2.34. The van der Waals surface area contributed by atoms with Gasteiger partial charge in [-0.05, 0) is 19.8 Å². The van der Waals surface area contributed by atoms with Crippen molar-refractivity contribution in [2.75, 3.05) is 5.73 Å². The first-order chi connectivity index (χ1) is 8.52. The third-order valence-electron chi connectivity index (χ3n) is 3.65. The second-order valence-electron chi connectivity index (χ2n) is 4.99. The molecule has 0 saturated heterocycles. The monoisotopic (exact) mass is 249 g/mol. The molecule has 1 fully saturated rings. The lowest BCUT2D eigenvalue weighted by atomic mass is 9.84. The van der Waals surface area contributed by atoms with E-state index in [1.54, 1.807) is 7.05 Å². The van der Waals surface area contributed by atoms with E-state index in [0.29, 0.717) is 11.3 Å². The zero-order chi connectivity index (χ0) is 13.3. The summed E-state index contributed by atoms with van der Waals surface area (Å²) >= 11 is 0. The van der Waals surface area contributed by atoms with Crippen molar-refractivity contribution in [1.82, 2.24) is 9.78 Å². The molecular formula is C13H19N3O2. The van der Waals surface area contributed by atoms with Gasteiger partial charge in [0.2, 0.25) is 0 Å². The highest BCUT2D eigenvalue weighted by atomic mass is 16.1. The molecule has 0 aliphatic heterocycles. The summed E-state index contributed by atoms with van der Waals surface area (Å²) in [5, 5.41) is 4.28. The van der Waals surface area contributed by atoms with E-state index in [-0.39, 0.29) is 22.9 Å². The van der Waals surface area contributed by atoms with Gasteiger partial charge in [-0.3, -0.25) is 9.59 Å². The molecule has 98 valence electrons. The summed E-state index contributed by atoms with van der Waals surface area (Å²) in [6.07, 6.45) is 5.56. The molecule has 1 aliphatic rings. The van der Waals surface area contributed by atoms with Crippen molar-refractivity contribution in [2.24, 2.45) is 7.05 Å². The molecule has 0 aromatic carbocycles. The van der Waals surface area contributed by atoms with Crippen LogP contribution >= 0.6 is 0 Å². The molecule has 1 heterocycles. The van der Waals surface area contributed by atoms with Crippen LogP contribution in [0.15, 0.2) is 4.79 Å². The summed E-state index contributed by atoms with van der Waals surface area (Å²) in [4.78, 5) is 23.5. The Morgan fingerprint density at radius 3 is 2.50 bits per heavy atom. The summed E-state index contributed by atoms with van der Waals surface area (Å²) in [5.41, 5.74) is 6.50. The minimum Gasteiger partial charge on any atom is -0.394 e. The number of nitrogens with zero attached hydrogens (tertiary/aromatic N) is 2. The number of nitrogen functional groups attached to an aromatic ring is 1. The van der Waals surface area contributed by atoms with Crippen molar-refractivity contribution in [3.63, 3.8) is 0 Å². The molecule has 0 unspecified atom stereocenters. The molecule has 1 aromatic rings. The van der Waals surface area contributed by atoms with Gasteiger partial charge in [-0.15, -0.1) is 0 Å². The molecule has 0 spiro atoms. The summed E-state index contributed by atoms with van der Waals surface area (Å²) in [7, 11) is 1.58. The predicted molar refractivity (Wildman–Crippen MR) is 69.7 cm³/mol. The van der Waals surface area contributed by atoms with E-state index in [1.165, 1.54) is 18.0 Å². The minimum absolute atomic E-state index is 0.0422. The minimum atomic E-state index is -0.389. The van der Waals surface area contributed by atoms with Crippen molar-refractivity contribution in [2.45, 2.75) is 44.9 Å². The van der Waals surface area contributed by atoms with Crippen LogP contribution in [0.4, 0.5) is 5.69 Å². The molecule has 0 atom stereocenters. The van der Waals surface area contributed by atoms with Crippen LogP contribution in [-0.2, 0) is 7.05 Å². The van der Waals surface area contributed by atoms with Crippen LogP contribution in [0.2, 0.25) is 0 Å². The number of aromatic nitrogens is 2. The first-order valence-electron chi connectivity index (χ1n) is 6.40. The number of carbonyl (C=O) groups excluding carboxylic acids is 1. The highest BCUT2D eigenvalue weighted by Gasteiger charge is 2.25. The molecule has 5 heteroatoms. The van der Waals surface area contributed by atoms with Crippen molar-refractivity contribution in [3.05, 3.63) is 21.6 Å². The van der Waals surface area contributed by atoms with Gasteiger partial charge >= 0.3 is 0 Å². The summed E-state index contributed by atoms with van der Waals surface area (Å²) in [6, 6.07) is 0. The Kier molecular flexibility index (Phi) is 3.50. The lowest BCUT2D eigenvalue weighted by molar-refractivity contribution is 0.101. The van der Waals surface area contributed by atoms with Crippen LogP contribution in [0.3, 0.4) is 0 Å². The molecule has 2 N–H and O–H groups in total. The van der Waals surface area contributed by atoms with Gasteiger partial charge in [0.05, 0.1) is 11.3 Å². The molecule has 0 bridgehead atoms. The van der Waals surface area contributed by atoms with Crippen LogP contribution in [0.1, 0.15) is 61.0 Å². The number of rotatable bonds is 2. The number of carbonyl (C=O) groups is 1. The van der Waals surface area contributed by atoms with Gasteiger partial charge in [0, 0.05) is 13.0 Å². The third kappa shape index (κ3) is 2.17. The fourth-order valence-corrected chi connectivity index (χ4v) is 2.71. The first-order valence-corrected chi connectivity index (χ1v) is 6.40. The molecule has 5 nitrogen and oxygen atoms in total. The largest absolute Gasteiger partial charge is 0.394 e. The molecule has 18 heavy (non-hydrogen) atoms. The SMILES string of the molecule is CC(=O)c1c(C2CCCCC2)nn(C)c(=O)c1N. The highest BCUT2D eigenvalue weighted by molar-refractivity contribution is 6.00. The average Bonchev–Trinajstić information content (AvgIpc) is 2.36. The Morgan fingerprint density at radius 1 is 1.33 bits per heavy atom. The third-order valence-corrected chi connectivity index (χ3v) is 3.65. The Hall–Kier alpha value is -1.65. The van der Waals surface area contributed by atoms with Gasteiger partial charge in [-0.2, -0.15) is 5.10 Å². The van der Waals surface area contributed by atoms with E-state index < -0.39 is 0 Å². The number of hydrogen-bond acceptors (Lipinski definition) is 4. The maximum atomic E-state index is 11.8. The molecule has 0 radical (unpaired) electrons. The van der Waals surface area contributed by atoms with Crippen LogP contribution in [0.25, 0.3) is 0 Å². The molecular weight excluding hydrogens is 230 g/mol. The van der Waals surface area contributed by atoms with Gasteiger partial charge in [0.15, 0.2) is 5.78 Å². The predicted octanol–water partition coefficient (Wildman–Crippen LogP) is 1.61. The van der Waals surface area contributed by atoms with E-state index in [0.717, 1.165) is 25.7 Å². The lowest BCUT2D eigenvalue weighted by Gasteiger charge is -2.23. The lowest BCUT2D eigenvalue weighted by Crippen LogP contribution is -2.29. The summed E-state index contributed by atoms with van der Waals surface area (Å²) < 4.78 is 1.24. The summed E-state index contributed by atoms with van der Waals surface area (Å²) in [6.45, 7) is 1.44. The van der Waals surface area contributed by atoms with Crippen molar-refractivity contribution in [1.29, 1.82) is 0 Å². The standard InChI is InChI=1S/C13H19N3O2/c1-8(17)10-11(14)13(18)16(2)15-12(10)9-6-4-3-5-7-9/h9H,3-7,14H2,1-2H3. The maximum Gasteiger partial charge on any atom is 0.290 e. The molecule has 2 rings (SSSR count). The summed E-state index contributed by atoms with van der Waals surface area (Å²) in [5.74, 6) is 0.0880. The van der Waals surface area contributed by atoms with Crippen molar-refractivity contribution in [3.8, 4) is 0 Å². The number of nitrogens with two attached hydrogens (primary N) is 1. The normalized spacial score (nSPS) is 16.8. The number of hydrogen-bond donors (Lipinski definition) is 1. The zero-order valence-corrected chi connectivity index (χ0v) is 10.9. The topological polar surface area (TPSA) is 78.0 Å². The molecule has 1 saturated carbocycles. The number of aryl methyl sites for hydroxylation is 1. The Balaban J connectivity index is 2.57. The first kappa shape index (κ1) is 12.8. The average molecular weight is 249 g/mol. The second kappa shape index (κ2) is 4.92. The molecule has 1 aromatic heterocycles. The maximum absolute atomic E-state index is 11.8. The Morgan fingerprint density at radius 2 is 1.94 bits per heavy atom. The van der Waals surface area contributed by atoms with Crippen LogP contribution in [0.5, 0.6) is 0 Å². The van der Waals surface area contributed by atoms with Crippen LogP contribution in [0, 0.1) is 0 Å². The molecule has 1 aliphatic carbocycles. The fraction of sp³-hybridized carbons (Fsp3) is 0.615. The Bertz CT molecular complexity index is 528. The van der Waals surface area contributed by atoms with Gasteiger partial charge in [-0.25, -0.2) is 4.68 Å². The van der Waals surface area contributed by atoms with Crippen LogP contribution in [-0.4, -0.2) is 15.6 Å². The Labute approximate surface area is 106 Å². The number of Topliss-reactive ketones (excluding diaryl/α,β-unsaturated/α-hetero) is 1. The van der Waals surface area contributed by atoms with Crippen molar-refractivity contribution >= 4 is 11.5 Å². The van der Waals surface area contributed by atoms with Crippen LogP contribution < -0.4 is 11.3 Å². The smallest absolute Gasteiger partial charge is 0.290 e. The zero-order valence-electron chi connectivity index (χ0n) is 10.9. The number of ketones is 1. The number of anilines is 1. The van der Waals surface area contributed by atoms with Gasteiger partial charge < -0.3 is 5.73 Å².